The Hall–Kier alpha value is -2.25. The van der Waals surface area contributed by atoms with Crippen LogP contribution in [0.3, 0.4) is 0 Å². The van der Waals surface area contributed by atoms with Gasteiger partial charge in [0, 0.05) is 63.6 Å². The zero-order chi connectivity index (χ0) is 21.5. The molecule has 0 radical (unpaired) electrons. The van der Waals surface area contributed by atoms with E-state index < -0.39 is 0 Å². The van der Waals surface area contributed by atoms with Crippen LogP contribution in [0.2, 0.25) is 0 Å². The van der Waals surface area contributed by atoms with E-state index in [9.17, 15) is 9.59 Å². The van der Waals surface area contributed by atoms with Gasteiger partial charge in [-0.1, -0.05) is 12.1 Å². The summed E-state index contributed by atoms with van der Waals surface area (Å²) in [6.07, 6.45) is 6.46. The molecule has 5 heterocycles. The number of fused-ring (bicyclic) bond motifs is 1. The van der Waals surface area contributed by atoms with E-state index in [1.54, 1.807) is 6.20 Å². The maximum absolute atomic E-state index is 13.6. The van der Waals surface area contributed by atoms with E-state index >= 15 is 0 Å². The maximum Gasteiger partial charge on any atom is 0.263 e. The van der Waals surface area contributed by atoms with Crippen LogP contribution in [-0.2, 0) is 11.3 Å². The third-order valence-electron chi connectivity index (χ3n) is 7.79. The van der Waals surface area contributed by atoms with Crippen LogP contribution < -0.4 is 0 Å². The molecule has 6 nitrogen and oxygen atoms in total. The molecule has 0 aromatic carbocycles. The molecule has 0 unspecified atom stereocenters. The number of likely N-dealkylation sites (tertiary alicyclic amines) is 3. The molecule has 2 spiro atoms. The lowest BCUT2D eigenvalue weighted by molar-refractivity contribution is -0.141. The van der Waals surface area contributed by atoms with E-state index in [1.165, 1.54) is 16.9 Å². The van der Waals surface area contributed by atoms with Crippen molar-refractivity contribution in [1.82, 2.24) is 19.7 Å². The van der Waals surface area contributed by atoms with E-state index in [0.29, 0.717) is 5.91 Å². The highest BCUT2D eigenvalue weighted by atomic mass is 32.1. The minimum absolute atomic E-state index is 0.0531. The number of rotatable bonds is 4. The van der Waals surface area contributed by atoms with Gasteiger partial charge >= 0.3 is 0 Å². The van der Waals surface area contributed by atoms with Gasteiger partial charge in [-0.15, -0.1) is 11.3 Å². The standard InChI is InChI=1S/C24H30N4O2S/c1-2-27-13-9-24(22(27)30)18-26(16-19-5-3-10-25-15-19)17-23(24)7-11-28(12-8-23)21(29)20-6-4-14-31-20/h3-6,10,14-15H,2,7-9,11-13,16-18H2,1H3/t24-/m1/s1. The van der Waals surface area contributed by atoms with Gasteiger partial charge in [-0.25, -0.2) is 0 Å². The molecule has 3 aliphatic rings. The number of carbonyl (C=O) groups excluding carboxylic acids is 2. The Kier molecular flexibility index (Phi) is 5.34. The largest absolute Gasteiger partial charge is 0.342 e. The van der Waals surface area contributed by atoms with Crippen molar-refractivity contribution in [1.29, 1.82) is 0 Å². The predicted octanol–water partition coefficient (Wildman–Crippen LogP) is 3.12. The van der Waals surface area contributed by atoms with Crippen LogP contribution in [0.25, 0.3) is 0 Å². The van der Waals surface area contributed by atoms with Crippen LogP contribution in [0.4, 0.5) is 0 Å². The highest BCUT2D eigenvalue weighted by Crippen LogP contribution is 2.58. The van der Waals surface area contributed by atoms with Crippen molar-refractivity contribution >= 4 is 23.2 Å². The third-order valence-corrected chi connectivity index (χ3v) is 8.65. The van der Waals surface area contributed by atoms with E-state index in [1.807, 2.05) is 39.6 Å². The molecular formula is C24H30N4O2S. The number of thiophene rings is 1. The Labute approximate surface area is 187 Å². The second kappa shape index (κ2) is 8.02. The van der Waals surface area contributed by atoms with E-state index in [4.69, 9.17) is 0 Å². The number of amides is 2. The Morgan fingerprint density at radius 1 is 1.13 bits per heavy atom. The normalized spacial score (nSPS) is 25.8. The lowest BCUT2D eigenvalue weighted by Crippen LogP contribution is -2.53. The second-order valence-electron chi connectivity index (χ2n) is 9.27. The molecule has 0 bridgehead atoms. The molecule has 164 valence electrons. The Bertz CT molecular complexity index is 940. The Morgan fingerprint density at radius 2 is 1.97 bits per heavy atom. The minimum Gasteiger partial charge on any atom is -0.342 e. The monoisotopic (exact) mass is 438 g/mol. The molecule has 1 atom stereocenters. The first-order valence-corrected chi connectivity index (χ1v) is 12.2. The molecule has 2 amide bonds. The molecule has 0 aliphatic carbocycles. The van der Waals surface area contributed by atoms with Gasteiger partial charge in [0.05, 0.1) is 10.3 Å². The number of nitrogens with zero attached hydrogens (tertiary/aromatic N) is 4. The summed E-state index contributed by atoms with van der Waals surface area (Å²) in [5.74, 6) is 0.471. The summed E-state index contributed by atoms with van der Waals surface area (Å²) in [5, 5.41) is 1.96. The molecule has 7 heteroatoms. The number of piperidine rings is 1. The average molecular weight is 439 g/mol. The van der Waals surface area contributed by atoms with Gasteiger partial charge in [0.2, 0.25) is 5.91 Å². The van der Waals surface area contributed by atoms with Crippen LogP contribution in [0.1, 0.15) is 41.4 Å². The van der Waals surface area contributed by atoms with Crippen molar-refractivity contribution in [2.24, 2.45) is 10.8 Å². The van der Waals surface area contributed by atoms with E-state index in [-0.39, 0.29) is 16.7 Å². The SMILES string of the molecule is CCN1CC[C@@]2(CN(Cc3cccnc3)CC23CCN(C(=O)c2cccs2)CC3)C1=O. The van der Waals surface area contributed by atoms with Crippen LogP contribution in [-0.4, -0.2) is 70.8 Å². The molecule has 0 saturated carbocycles. The van der Waals surface area contributed by atoms with E-state index in [0.717, 1.165) is 70.0 Å². The van der Waals surface area contributed by atoms with Gasteiger partial charge in [0.25, 0.3) is 5.91 Å². The van der Waals surface area contributed by atoms with Crippen molar-refractivity contribution in [2.45, 2.75) is 32.7 Å². The molecule has 5 rings (SSSR count). The summed E-state index contributed by atoms with van der Waals surface area (Å²) < 4.78 is 0. The first-order chi connectivity index (χ1) is 15.1. The fourth-order valence-electron chi connectivity index (χ4n) is 6.15. The van der Waals surface area contributed by atoms with Gasteiger partial charge in [0.15, 0.2) is 0 Å². The zero-order valence-corrected chi connectivity index (χ0v) is 18.9. The van der Waals surface area contributed by atoms with Crippen LogP contribution in [0.5, 0.6) is 0 Å². The molecule has 2 aromatic rings. The molecule has 0 N–H and O–H groups in total. The lowest BCUT2D eigenvalue weighted by atomic mass is 9.60. The van der Waals surface area contributed by atoms with Gasteiger partial charge in [0.1, 0.15) is 0 Å². The Morgan fingerprint density at radius 3 is 2.61 bits per heavy atom. The van der Waals surface area contributed by atoms with Crippen molar-refractivity contribution < 1.29 is 9.59 Å². The summed E-state index contributed by atoms with van der Waals surface area (Å²) in [5.41, 5.74) is 0.823. The van der Waals surface area contributed by atoms with Crippen molar-refractivity contribution in [3.63, 3.8) is 0 Å². The molecule has 3 aliphatic heterocycles. The van der Waals surface area contributed by atoms with E-state index in [2.05, 4.69) is 22.9 Å². The summed E-state index contributed by atoms with van der Waals surface area (Å²) >= 11 is 1.51. The topological polar surface area (TPSA) is 56.8 Å². The van der Waals surface area contributed by atoms with Crippen LogP contribution in [0.15, 0.2) is 42.0 Å². The highest BCUT2D eigenvalue weighted by Gasteiger charge is 2.64. The number of hydrogen-bond donors (Lipinski definition) is 0. The molecule has 31 heavy (non-hydrogen) atoms. The van der Waals surface area contributed by atoms with Gasteiger partial charge < -0.3 is 9.80 Å². The fourth-order valence-corrected chi connectivity index (χ4v) is 6.85. The minimum atomic E-state index is -0.316. The van der Waals surface area contributed by atoms with Crippen molar-refractivity contribution in [2.75, 3.05) is 39.3 Å². The smallest absolute Gasteiger partial charge is 0.263 e. The number of pyridine rings is 1. The molecular weight excluding hydrogens is 408 g/mol. The second-order valence-corrected chi connectivity index (χ2v) is 10.2. The van der Waals surface area contributed by atoms with Gasteiger partial charge in [-0.3, -0.25) is 19.5 Å². The third kappa shape index (κ3) is 3.38. The maximum atomic E-state index is 13.6. The summed E-state index contributed by atoms with van der Waals surface area (Å²) in [6, 6.07) is 7.93. The molecule has 3 saturated heterocycles. The first kappa shape index (κ1) is 20.6. The molecule has 2 aromatic heterocycles. The van der Waals surface area contributed by atoms with Gasteiger partial charge in [-0.05, 0) is 49.3 Å². The summed E-state index contributed by atoms with van der Waals surface area (Å²) in [6.45, 7) is 7.75. The van der Waals surface area contributed by atoms with Crippen LogP contribution in [0, 0.1) is 10.8 Å². The van der Waals surface area contributed by atoms with Crippen LogP contribution >= 0.6 is 11.3 Å². The average Bonchev–Trinajstić information content (AvgIpc) is 3.50. The number of hydrogen-bond acceptors (Lipinski definition) is 5. The highest BCUT2D eigenvalue weighted by molar-refractivity contribution is 7.12. The number of aromatic nitrogens is 1. The summed E-state index contributed by atoms with van der Waals surface area (Å²) in [4.78, 5) is 38.1. The van der Waals surface area contributed by atoms with Crippen molar-refractivity contribution in [3.8, 4) is 0 Å². The fraction of sp³-hybridized carbons (Fsp3) is 0.542. The quantitative estimate of drug-likeness (QED) is 0.736. The predicted molar refractivity (Wildman–Crippen MR) is 121 cm³/mol. The zero-order valence-electron chi connectivity index (χ0n) is 18.1. The lowest BCUT2D eigenvalue weighted by Gasteiger charge is -2.47. The molecule has 3 fully saturated rings. The first-order valence-electron chi connectivity index (χ1n) is 11.3. The van der Waals surface area contributed by atoms with Crippen molar-refractivity contribution in [3.05, 3.63) is 52.5 Å². The summed E-state index contributed by atoms with van der Waals surface area (Å²) in [7, 11) is 0. The van der Waals surface area contributed by atoms with Gasteiger partial charge in [-0.2, -0.15) is 0 Å². The number of carbonyl (C=O) groups is 2. The Balaban J connectivity index is 1.39.